The summed E-state index contributed by atoms with van der Waals surface area (Å²) < 4.78 is 30.9. The van der Waals surface area contributed by atoms with Crippen LogP contribution < -0.4 is 4.72 Å². The molecular weight excluding hydrogens is 324 g/mol. The van der Waals surface area contributed by atoms with Gasteiger partial charge in [-0.1, -0.05) is 30.3 Å². The van der Waals surface area contributed by atoms with Gasteiger partial charge in [0.2, 0.25) is 0 Å². The predicted molar refractivity (Wildman–Crippen MR) is 82.0 cm³/mol. The van der Waals surface area contributed by atoms with Crippen LogP contribution in [0, 0.1) is 4.78 Å². The van der Waals surface area contributed by atoms with Crippen molar-refractivity contribution in [3.05, 3.63) is 65.7 Å². The molecule has 2 aromatic carbocycles. The number of nitrogens with one attached hydrogen (secondary N) is 2. The fourth-order valence-electron chi connectivity index (χ4n) is 1.75. The molecule has 2 aromatic rings. The Kier molecular flexibility index (Phi) is 4.74. The Labute approximate surface area is 131 Å². The number of hydrogen-bond acceptors (Lipinski definition) is 5. The molecule has 0 saturated carbocycles. The third kappa shape index (κ3) is 3.41. The van der Waals surface area contributed by atoms with Crippen molar-refractivity contribution in [3.8, 4) is 0 Å². The van der Waals surface area contributed by atoms with Gasteiger partial charge in [-0.2, -0.15) is 0 Å². The van der Waals surface area contributed by atoms with Crippen molar-refractivity contribution in [1.82, 2.24) is 4.72 Å². The van der Waals surface area contributed by atoms with E-state index in [4.69, 9.17) is 4.78 Å². The number of carbonyl (C=O) groups excluding carboxylic acids is 2. The van der Waals surface area contributed by atoms with Crippen molar-refractivity contribution in [2.45, 2.75) is 4.90 Å². The molecule has 1 aliphatic heterocycles. The molecule has 1 amide bonds. The van der Waals surface area contributed by atoms with Gasteiger partial charge < -0.3 is 0 Å². The smallest absolute Gasteiger partial charge is 0.268 e. The van der Waals surface area contributed by atoms with Crippen LogP contribution in [0.3, 0.4) is 0 Å². The third-order valence-corrected chi connectivity index (χ3v) is 4.56. The van der Waals surface area contributed by atoms with E-state index in [1.165, 1.54) is 12.1 Å². The van der Waals surface area contributed by atoms with Gasteiger partial charge in [0.25, 0.3) is 15.9 Å². The fraction of sp³-hybridized carbons (Fsp3) is 0. The van der Waals surface area contributed by atoms with Gasteiger partial charge in [0.05, 0.1) is 11.1 Å². The fourth-order valence-corrected chi connectivity index (χ4v) is 3.18. The zero-order valence-corrected chi connectivity index (χ0v) is 12.8. The van der Waals surface area contributed by atoms with E-state index in [-0.39, 0.29) is 15.6 Å². The molecule has 0 unspecified atom stereocenters. The first-order chi connectivity index (χ1) is 10.5. The number of amides is 1. The van der Waals surface area contributed by atoms with Crippen LogP contribution in [0.5, 0.6) is 0 Å². The van der Waals surface area contributed by atoms with E-state index in [1.807, 2.05) is 10.8 Å². The number of benzene rings is 2. The maximum atomic E-state index is 11.1. The largest absolute Gasteiger partial charge is 0.464 e. The molecule has 0 bridgehead atoms. The normalized spacial score (nSPS) is 14.1. The molecule has 3 rings (SSSR count). The Morgan fingerprint density at radius 2 is 1.59 bits per heavy atom. The lowest BCUT2D eigenvalue weighted by atomic mass is 10.2. The molecule has 1 heterocycles. The van der Waals surface area contributed by atoms with Gasteiger partial charge in [0.1, 0.15) is 4.90 Å². The predicted octanol–water partition coefficient (Wildman–Crippen LogP) is 1.79. The summed E-state index contributed by atoms with van der Waals surface area (Å²) in [4.78, 5) is 21.8. The Morgan fingerprint density at radius 1 is 1.00 bits per heavy atom. The standard InChI is InChI=1S/C7H5NO3S.C7H6NOS/c9-7-5-3-1-2-4-6(5)12(10,11)8-7;8-10-7(9)6-4-2-1-3-5-6/h1-4H,(H,8,9);1-5,8H/q;+1. The zero-order chi connectivity index (χ0) is 16.2. The molecule has 6 nitrogen and oxygen atoms in total. The Balaban J connectivity index is 0.000000164. The van der Waals surface area contributed by atoms with Crippen molar-refractivity contribution in [3.63, 3.8) is 0 Å². The number of rotatable bonds is 1. The molecule has 2 N–H and O–H groups in total. The molecule has 1 aliphatic rings. The highest BCUT2D eigenvalue weighted by Crippen LogP contribution is 2.20. The van der Waals surface area contributed by atoms with Crippen LogP contribution in [0.4, 0.5) is 0 Å². The monoisotopic (exact) mass is 335 g/mol. The Morgan fingerprint density at radius 3 is 2.18 bits per heavy atom. The lowest BCUT2D eigenvalue weighted by molar-refractivity contribution is 0.0984. The summed E-state index contributed by atoms with van der Waals surface area (Å²) in [6.07, 6.45) is 0. The van der Waals surface area contributed by atoms with E-state index in [0.717, 1.165) is 0 Å². The summed E-state index contributed by atoms with van der Waals surface area (Å²) >= 11 is 0.489. The van der Waals surface area contributed by atoms with Gasteiger partial charge in [-0.15, -0.1) is 0 Å². The highest BCUT2D eigenvalue weighted by molar-refractivity contribution is 7.90. The van der Waals surface area contributed by atoms with E-state index >= 15 is 0 Å². The number of hydrogen-bond donors (Lipinski definition) is 2. The lowest BCUT2D eigenvalue weighted by Gasteiger charge is -1.91. The Bertz CT molecular complexity index is 833. The topological polar surface area (TPSA) is 104 Å². The number of fused-ring (bicyclic) bond motifs is 1. The zero-order valence-electron chi connectivity index (χ0n) is 11.1. The van der Waals surface area contributed by atoms with Crippen molar-refractivity contribution in [1.29, 1.82) is 4.78 Å². The second kappa shape index (κ2) is 6.54. The summed E-state index contributed by atoms with van der Waals surface area (Å²) in [7, 11) is -3.55. The van der Waals surface area contributed by atoms with Gasteiger partial charge >= 0.3 is 16.7 Å². The van der Waals surface area contributed by atoms with E-state index in [0.29, 0.717) is 17.1 Å². The first-order valence-corrected chi connectivity index (χ1v) is 8.35. The minimum absolute atomic E-state index is 0.0648. The van der Waals surface area contributed by atoms with Crippen molar-refractivity contribution in [2.75, 3.05) is 0 Å². The Hall–Kier alpha value is -2.45. The molecule has 112 valence electrons. The summed E-state index contributed by atoms with van der Waals surface area (Å²) in [5, 5.41) is -0.208. The van der Waals surface area contributed by atoms with Gasteiger partial charge in [0, 0.05) is 0 Å². The van der Waals surface area contributed by atoms with Crippen LogP contribution in [0.1, 0.15) is 20.7 Å². The van der Waals surface area contributed by atoms with E-state index in [1.54, 1.807) is 36.4 Å². The van der Waals surface area contributed by atoms with Crippen LogP contribution in [-0.2, 0) is 21.6 Å². The maximum absolute atomic E-state index is 11.1. The third-order valence-electron chi connectivity index (χ3n) is 2.75. The minimum Gasteiger partial charge on any atom is -0.268 e. The second-order valence-electron chi connectivity index (χ2n) is 4.19. The molecular formula is C14H11N2O4S2+. The molecule has 0 atom stereocenters. The maximum Gasteiger partial charge on any atom is 0.464 e. The van der Waals surface area contributed by atoms with Crippen molar-refractivity contribution >= 4 is 32.6 Å². The minimum atomic E-state index is -3.55. The summed E-state index contributed by atoms with van der Waals surface area (Å²) in [5.74, 6) is -0.550. The molecule has 0 spiro atoms. The summed E-state index contributed by atoms with van der Waals surface area (Å²) in [6, 6.07) is 14.9. The molecule has 0 saturated heterocycles. The number of carbonyl (C=O) groups is 2. The second-order valence-corrected chi connectivity index (χ2v) is 6.41. The van der Waals surface area contributed by atoms with E-state index < -0.39 is 15.9 Å². The number of sulfonamides is 1. The summed E-state index contributed by atoms with van der Waals surface area (Å²) in [5.41, 5.74) is 0.806. The van der Waals surface area contributed by atoms with Crippen molar-refractivity contribution < 1.29 is 18.0 Å². The molecule has 8 heteroatoms. The van der Waals surface area contributed by atoms with E-state index in [9.17, 15) is 18.0 Å². The van der Waals surface area contributed by atoms with Crippen LogP contribution in [0.2, 0.25) is 0 Å². The van der Waals surface area contributed by atoms with Gasteiger partial charge in [-0.05, 0) is 29.0 Å². The lowest BCUT2D eigenvalue weighted by Crippen LogP contribution is -2.20. The SMILES string of the molecule is N=[S+]C(=O)c1ccccc1.O=C1NS(=O)(=O)c2ccccc21. The van der Waals surface area contributed by atoms with Crippen LogP contribution in [0.25, 0.3) is 0 Å². The van der Waals surface area contributed by atoms with Gasteiger partial charge in [-0.25, -0.2) is 17.9 Å². The van der Waals surface area contributed by atoms with Crippen molar-refractivity contribution in [2.24, 2.45) is 0 Å². The van der Waals surface area contributed by atoms with Gasteiger partial charge in [-0.3, -0.25) is 4.79 Å². The van der Waals surface area contributed by atoms with Crippen LogP contribution in [0.15, 0.2) is 59.5 Å². The van der Waals surface area contributed by atoms with Crippen LogP contribution >= 0.6 is 0 Å². The van der Waals surface area contributed by atoms with Crippen LogP contribution in [-0.4, -0.2) is 19.4 Å². The first kappa shape index (κ1) is 15.9. The summed E-state index contributed by atoms with van der Waals surface area (Å²) in [6.45, 7) is 0. The average Bonchev–Trinajstić information content (AvgIpc) is 2.78. The van der Waals surface area contributed by atoms with Gasteiger partial charge in [0.15, 0.2) is 0 Å². The molecule has 0 aliphatic carbocycles. The quantitative estimate of drug-likeness (QED) is 0.775. The first-order valence-electron chi connectivity index (χ1n) is 6.05. The highest BCUT2D eigenvalue weighted by Gasteiger charge is 2.31. The molecule has 0 aromatic heterocycles. The van der Waals surface area contributed by atoms with E-state index in [2.05, 4.69) is 0 Å². The highest BCUT2D eigenvalue weighted by atomic mass is 32.2. The molecule has 0 fully saturated rings. The molecule has 22 heavy (non-hydrogen) atoms. The molecule has 0 radical (unpaired) electrons. The average molecular weight is 335 g/mol.